The molecule has 144 valence electrons. The highest BCUT2D eigenvalue weighted by Crippen LogP contribution is 2.31. The molecule has 0 spiro atoms. The molecular weight excluding hydrogens is 370 g/mol. The van der Waals surface area contributed by atoms with Gasteiger partial charge in [0.2, 0.25) is 11.1 Å². The van der Waals surface area contributed by atoms with E-state index in [4.69, 9.17) is 0 Å². The first-order chi connectivity index (χ1) is 13.6. The topological polar surface area (TPSA) is 75.6 Å². The zero-order valence-electron chi connectivity index (χ0n) is 16.2. The maximum absolute atomic E-state index is 12.4. The lowest BCUT2D eigenvalue weighted by atomic mass is 10.1. The van der Waals surface area contributed by atoms with Crippen molar-refractivity contribution in [3.05, 3.63) is 48.3 Å². The number of carbonyl (C=O) groups is 1. The number of hydrogen-bond donors (Lipinski definition) is 2. The summed E-state index contributed by atoms with van der Waals surface area (Å²) in [5, 5.41) is 13.0. The van der Waals surface area contributed by atoms with Gasteiger partial charge in [0.05, 0.1) is 5.75 Å². The van der Waals surface area contributed by atoms with Gasteiger partial charge in [0.15, 0.2) is 0 Å². The van der Waals surface area contributed by atoms with E-state index < -0.39 is 0 Å². The van der Waals surface area contributed by atoms with Crippen molar-refractivity contribution < 1.29 is 4.79 Å². The first-order valence-corrected chi connectivity index (χ1v) is 10.4. The molecule has 0 aliphatic heterocycles. The zero-order chi connectivity index (χ0) is 19.7. The van der Waals surface area contributed by atoms with E-state index in [-0.39, 0.29) is 17.6 Å². The van der Waals surface area contributed by atoms with Crippen LogP contribution in [-0.4, -0.2) is 31.4 Å². The number of aromatic amines is 1. The first kappa shape index (κ1) is 18.6. The van der Waals surface area contributed by atoms with Crippen molar-refractivity contribution in [1.82, 2.24) is 19.7 Å². The molecule has 0 saturated carbocycles. The Hall–Kier alpha value is -2.80. The highest BCUT2D eigenvalue weighted by molar-refractivity contribution is 7.99. The van der Waals surface area contributed by atoms with Crippen LogP contribution in [0.2, 0.25) is 0 Å². The summed E-state index contributed by atoms with van der Waals surface area (Å²) in [5.74, 6) is 1.32. The third kappa shape index (κ3) is 3.49. The van der Waals surface area contributed by atoms with Crippen molar-refractivity contribution in [2.24, 2.45) is 0 Å². The summed E-state index contributed by atoms with van der Waals surface area (Å²) in [5.41, 5.74) is 3.19. The molecule has 0 atom stereocenters. The lowest BCUT2D eigenvalue weighted by molar-refractivity contribution is -0.113. The molecule has 28 heavy (non-hydrogen) atoms. The Kier molecular flexibility index (Phi) is 5.09. The number of aromatic nitrogens is 4. The molecule has 2 aromatic carbocycles. The normalized spacial score (nSPS) is 11.6. The summed E-state index contributed by atoms with van der Waals surface area (Å²) in [6, 6.07) is 14.4. The zero-order valence-corrected chi connectivity index (χ0v) is 17.0. The average Bonchev–Trinajstić information content (AvgIpc) is 3.29. The minimum absolute atomic E-state index is 0.0699. The van der Waals surface area contributed by atoms with Gasteiger partial charge in [-0.1, -0.05) is 43.8 Å². The summed E-state index contributed by atoms with van der Waals surface area (Å²) in [6.45, 7) is 7.15. The van der Waals surface area contributed by atoms with Gasteiger partial charge < -0.3 is 9.88 Å². The maximum atomic E-state index is 12.4. The smallest absolute Gasteiger partial charge is 0.234 e. The number of rotatable bonds is 6. The van der Waals surface area contributed by atoms with E-state index in [1.807, 2.05) is 26.0 Å². The molecule has 2 aromatic heterocycles. The lowest BCUT2D eigenvalue weighted by Gasteiger charge is -2.06. The van der Waals surface area contributed by atoms with Gasteiger partial charge >= 0.3 is 0 Å². The molecule has 1 amide bonds. The van der Waals surface area contributed by atoms with Crippen LogP contribution in [0.5, 0.6) is 0 Å². The fourth-order valence-corrected chi connectivity index (χ4v) is 3.99. The fraction of sp³-hybridized carbons (Fsp3) is 0.286. The van der Waals surface area contributed by atoms with Crippen LogP contribution in [0.15, 0.2) is 47.6 Å². The molecule has 7 heteroatoms. The van der Waals surface area contributed by atoms with Gasteiger partial charge in [0.25, 0.3) is 0 Å². The number of anilines is 1. The molecule has 0 unspecified atom stereocenters. The number of para-hydroxylation sites is 1. The number of benzene rings is 2. The molecular formula is C21H23N5OS. The molecule has 4 rings (SSSR count). The summed E-state index contributed by atoms with van der Waals surface area (Å²) in [6.07, 6.45) is 0. The van der Waals surface area contributed by atoms with E-state index >= 15 is 0 Å². The van der Waals surface area contributed by atoms with Gasteiger partial charge in [-0.15, -0.1) is 5.10 Å². The van der Waals surface area contributed by atoms with Crippen LogP contribution in [0, 0.1) is 0 Å². The van der Waals surface area contributed by atoms with Crippen LogP contribution in [0.25, 0.3) is 21.8 Å². The number of carbonyl (C=O) groups excluding carboxylic acids is 1. The van der Waals surface area contributed by atoms with E-state index in [0.717, 1.165) is 23.4 Å². The monoisotopic (exact) mass is 393 g/mol. The average molecular weight is 394 g/mol. The van der Waals surface area contributed by atoms with Crippen molar-refractivity contribution in [3.8, 4) is 0 Å². The van der Waals surface area contributed by atoms with Crippen LogP contribution in [-0.2, 0) is 11.3 Å². The van der Waals surface area contributed by atoms with Crippen molar-refractivity contribution in [2.75, 3.05) is 11.1 Å². The van der Waals surface area contributed by atoms with E-state index in [1.165, 1.54) is 28.2 Å². The SMILES string of the molecule is CCn1c2ccccc2c2cc(NC(=O)CSc3n[nH]c(C(C)C)n3)ccc21. The highest BCUT2D eigenvalue weighted by Gasteiger charge is 2.12. The molecule has 0 aliphatic carbocycles. The third-order valence-electron chi connectivity index (χ3n) is 4.73. The van der Waals surface area contributed by atoms with E-state index in [1.54, 1.807) is 0 Å². The van der Waals surface area contributed by atoms with Crippen LogP contribution in [0.3, 0.4) is 0 Å². The van der Waals surface area contributed by atoms with Crippen LogP contribution in [0.1, 0.15) is 32.5 Å². The quantitative estimate of drug-likeness (QED) is 0.462. The second-order valence-electron chi connectivity index (χ2n) is 6.99. The minimum atomic E-state index is -0.0699. The highest BCUT2D eigenvalue weighted by atomic mass is 32.2. The predicted octanol–water partition coefficient (Wildman–Crippen LogP) is 4.79. The van der Waals surface area contributed by atoms with Gasteiger partial charge in [0, 0.05) is 40.0 Å². The number of thioether (sulfide) groups is 1. The van der Waals surface area contributed by atoms with E-state index in [0.29, 0.717) is 5.16 Å². The van der Waals surface area contributed by atoms with E-state index in [2.05, 4.69) is 62.3 Å². The maximum Gasteiger partial charge on any atom is 0.234 e. The van der Waals surface area contributed by atoms with Gasteiger partial charge in [-0.05, 0) is 31.2 Å². The number of aryl methyl sites for hydroxylation is 1. The number of nitrogens with one attached hydrogen (secondary N) is 2. The molecule has 6 nitrogen and oxygen atoms in total. The van der Waals surface area contributed by atoms with Gasteiger partial charge in [0.1, 0.15) is 5.82 Å². The number of nitrogens with zero attached hydrogens (tertiary/aromatic N) is 3. The molecule has 0 radical (unpaired) electrons. The number of H-pyrrole nitrogens is 1. The van der Waals surface area contributed by atoms with Crippen molar-refractivity contribution in [1.29, 1.82) is 0 Å². The lowest BCUT2D eigenvalue weighted by Crippen LogP contribution is -2.14. The summed E-state index contributed by atoms with van der Waals surface area (Å²) in [7, 11) is 0. The summed E-state index contributed by atoms with van der Waals surface area (Å²) >= 11 is 1.33. The molecule has 0 aliphatic rings. The fourth-order valence-electron chi connectivity index (χ4n) is 3.38. The Morgan fingerprint density at radius 2 is 1.96 bits per heavy atom. The number of hydrogen-bond acceptors (Lipinski definition) is 4. The minimum Gasteiger partial charge on any atom is -0.341 e. The Morgan fingerprint density at radius 3 is 2.71 bits per heavy atom. The summed E-state index contributed by atoms with van der Waals surface area (Å²) in [4.78, 5) is 16.8. The van der Waals surface area contributed by atoms with Crippen LogP contribution in [0.4, 0.5) is 5.69 Å². The molecule has 4 aromatic rings. The number of amides is 1. The Labute approximate surface area is 167 Å². The molecule has 0 saturated heterocycles. The molecule has 2 N–H and O–H groups in total. The van der Waals surface area contributed by atoms with Crippen molar-refractivity contribution in [3.63, 3.8) is 0 Å². The molecule has 2 heterocycles. The van der Waals surface area contributed by atoms with E-state index in [9.17, 15) is 4.79 Å². The Balaban J connectivity index is 1.51. The van der Waals surface area contributed by atoms with Gasteiger partial charge in [-0.25, -0.2) is 4.98 Å². The largest absolute Gasteiger partial charge is 0.341 e. The molecule has 0 fully saturated rings. The van der Waals surface area contributed by atoms with Gasteiger partial charge in [-0.3, -0.25) is 9.89 Å². The predicted molar refractivity (Wildman–Crippen MR) is 115 cm³/mol. The van der Waals surface area contributed by atoms with Crippen molar-refractivity contribution >= 4 is 45.2 Å². The van der Waals surface area contributed by atoms with Crippen LogP contribution >= 0.6 is 11.8 Å². The molecule has 0 bridgehead atoms. The standard InChI is InChI=1S/C21H23N5OS/c1-4-26-17-8-6-5-7-15(17)16-11-14(9-10-18(16)26)22-19(27)12-28-21-23-20(13(2)3)24-25-21/h5-11,13H,4,12H2,1-3H3,(H,22,27)(H,23,24,25). The Bertz CT molecular complexity index is 1140. The first-order valence-electron chi connectivity index (χ1n) is 9.42. The Morgan fingerprint density at radius 1 is 1.18 bits per heavy atom. The second-order valence-corrected chi connectivity index (χ2v) is 7.93. The van der Waals surface area contributed by atoms with Crippen LogP contribution < -0.4 is 5.32 Å². The number of fused-ring (bicyclic) bond motifs is 3. The summed E-state index contributed by atoms with van der Waals surface area (Å²) < 4.78 is 2.29. The third-order valence-corrected chi connectivity index (χ3v) is 5.58. The second kappa shape index (κ2) is 7.67. The van der Waals surface area contributed by atoms with Gasteiger partial charge in [-0.2, -0.15) is 0 Å². The van der Waals surface area contributed by atoms with Crippen molar-refractivity contribution in [2.45, 2.75) is 38.4 Å².